The Kier molecular flexibility index (Phi) is 7.24. The van der Waals surface area contributed by atoms with Crippen molar-refractivity contribution in [2.75, 3.05) is 17.3 Å². The second-order valence-corrected chi connectivity index (χ2v) is 14.1. The first kappa shape index (κ1) is 29.1. The molecular formula is C32H30FN7O3S. The van der Waals surface area contributed by atoms with Crippen molar-refractivity contribution >= 4 is 43.5 Å². The maximum Gasteiger partial charge on any atom is 0.229 e. The lowest BCUT2D eigenvalue weighted by atomic mass is 9.95. The molecule has 10 nitrogen and oxygen atoms in total. The fourth-order valence-electron chi connectivity index (χ4n) is 4.82. The number of hydrogen-bond donors (Lipinski definition) is 3. The minimum Gasteiger partial charge on any atom is -0.336 e. The number of sulfone groups is 1. The van der Waals surface area contributed by atoms with Gasteiger partial charge in [-0.1, -0.05) is 39.0 Å². The lowest BCUT2D eigenvalue weighted by Gasteiger charge is -2.17. The first-order valence-corrected chi connectivity index (χ1v) is 16.0. The maximum absolute atomic E-state index is 14.6. The molecule has 1 amide bonds. The van der Waals surface area contributed by atoms with Crippen molar-refractivity contribution in [1.82, 2.24) is 30.1 Å². The molecule has 0 aliphatic rings. The molecule has 0 fully saturated rings. The molecule has 0 unspecified atom stereocenters. The van der Waals surface area contributed by atoms with Gasteiger partial charge in [0.2, 0.25) is 5.91 Å². The number of hydrogen-bond acceptors (Lipinski definition) is 7. The summed E-state index contributed by atoms with van der Waals surface area (Å²) in [6, 6.07) is 15.7. The standard InChI is InChI=1S/C32H30FN7O3S/c1-32(2,3)31(41)35-22-15-20(16-34-17-22)24-8-9-26-28(36-24)29(40-39-26)30-37-25-7-5-6-23(27(25)38-30)19-12-18(13-21(33)14-19)10-11-44(4,42)43/h5-9,12-17H,10-11H2,1-4H3,(H,35,41)(H,37,38)(H,39,40). The van der Waals surface area contributed by atoms with Crippen molar-refractivity contribution in [2.45, 2.75) is 27.2 Å². The third-order valence-corrected chi connectivity index (χ3v) is 8.09. The summed E-state index contributed by atoms with van der Waals surface area (Å²) in [6.07, 6.45) is 4.64. The molecule has 2 aromatic carbocycles. The highest BCUT2D eigenvalue weighted by atomic mass is 32.2. The number of carbonyl (C=O) groups excluding carboxylic acids is 1. The van der Waals surface area contributed by atoms with Crippen LogP contribution in [-0.4, -0.2) is 56.5 Å². The molecular weight excluding hydrogens is 581 g/mol. The topological polar surface area (TPSA) is 146 Å². The SMILES string of the molecule is CC(C)(C)C(=O)Nc1cncc(-c2ccc3[nH]nc(-c4nc5c(-c6cc(F)cc(CCS(C)(=O)=O)c6)cccc5[nH]4)c3n2)c1. The van der Waals surface area contributed by atoms with Crippen LogP contribution in [0.1, 0.15) is 26.3 Å². The predicted molar refractivity (Wildman–Crippen MR) is 169 cm³/mol. The Labute approximate surface area is 253 Å². The number of fused-ring (bicyclic) bond motifs is 2. The fourth-order valence-corrected chi connectivity index (χ4v) is 5.43. The number of rotatable bonds is 7. The van der Waals surface area contributed by atoms with Crippen molar-refractivity contribution in [3.8, 4) is 33.9 Å². The van der Waals surface area contributed by atoms with Crippen LogP contribution in [0.2, 0.25) is 0 Å². The van der Waals surface area contributed by atoms with Gasteiger partial charge in [-0.15, -0.1) is 0 Å². The van der Waals surface area contributed by atoms with Gasteiger partial charge in [0.1, 0.15) is 21.2 Å². The van der Waals surface area contributed by atoms with E-state index < -0.39 is 21.1 Å². The normalized spacial score (nSPS) is 12.2. The Balaban J connectivity index is 1.37. The summed E-state index contributed by atoms with van der Waals surface area (Å²) in [4.78, 5) is 29.8. The molecule has 4 aromatic heterocycles. The quantitative estimate of drug-likeness (QED) is 0.202. The van der Waals surface area contributed by atoms with Crippen LogP contribution < -0.4 is 5.32 Å². The van der Waals surface area contributed by atoms with Crippen molar-refractivity contribution in [1.29, 1.82) is 0 Å². The number of nitrogens with zero attached hydrogens (tertiary/aromatic N) is 4. The smallest absolute Gasteiger partial charge is 0.229 e. The average Bonchev–Trinajstić information content (AvgIpc) is 3.59. The number of pyridine rings is 2. The summed E-state index contributed by atoms with van der Waals surface area (Å²) < 4.78 is 38.0. The van der Waals surface area contributed by atoms with Crippen molar-refractivity contribution in [3.05, 3.63) is 78.4 Å². The van der Waals surface area contributed by atoms with Gasteiger partial charge in [-0.25, -0.2) is 22.8 Å². The molecule has 6 rings (SSSR count). The molecule has 0 saturated carbocycles. The summed E-state index contributed by atoms with van der Waals surface area (Å²) >= 11 is 0. The molecule has 4 heterocycles. The summed E-state index contributed by atoms with van der Waals surface area (Å²) in [5, 5.41) is 10.4. The van der Waals surface area contributed by atoms with Crippen LogP contribution in [0.4, 0.5) is 10.1 Å². The highest BCUT2D eigenvalue weighted by molar-refractivity contribution is 7.90. The Bertz CT molecular complexity index is 2160. The third-order valence-electron chi connectivity index (χ3n) is 7.15. The van der Waals surface area contributed by atoms with Gasteiger partial charge in [-0.3, -0.25) is 14.9 Å². The van der Waals surface area contributed by atoms with Crippen molar-refractivity contribution in [2.24, 2.45) is 5.41 Å². The number of aryl methyl sites for hydroxylation is 1. The van der Waals surface area contributed by atoms with Gasteiger partial charge in [0, 0.05) is 29.0 Å². The number of aromatic amines is 2. The fraction of sp³-hybridized carbons (Fsp3) is 0.219. The number of para-hydroxylation sites is 1. The Hall–Kier alpha value is -4.97. The van der Waals surface area contributed by atoms with Crippen LogP contribution in [0.5, 0.6) is 0 Å². The molecule has 0 bridgehead atoms. The van der Waals surface area contributed by atoms with Gasteiger partial charge in [-0.05, 0) is 53.9 Å². The molecule has 3 N–H and O–H groups in total. The van der Waals surface area contributed by atoms with Gasteiger partial charge < -0.3 is 10.3 Å². The zero-order chi connectivity index (χ0) is 31.2. The van der Waals surface area contributed by atoms with Crippen LogP contribution >= 0.6 is 0 Å². The van der Waals surface area contributed by atoms with E-state index in [-0.39, 0.29) is 18.1 Å². The minimum absolute atomic E-state index is 0.0697. The third kappa shape index (κ3) is 6.06. The van der Waals surface area contributed by atoms with Crippen molar-refractivity contribution < 1.29 is 17.6 Å². The molecule has 0 aliphatic heterocycles. The maximum atomic E-state index is 14.6. The van der Waals surface area contributed by atoms with Gasteiger partial charge in [0.05, 0.1) is 39.9 Å². The van der Waals surface area contributed by atoms with Crippen LogP contribution in [0.25, 0.3) is 56.0 Å². The van der Waals surface area contributed by atoms with Crippen LogP contribution in [0, 0.1) is 11.2 Å². The van der Waals surface area contributed by atoms with Crippen LogP contribution in [-0.2, 0) is 21.1 Å². The van der Waals surface area contributed by atoms with Gasteiger partial charge in [-0.2, -0.15) is 5.10 Å². The molecule has 0 atom stereocenters. The highest BCUT2D eigenvalue weighted by Gasteiger charge is 2.22. The number of amides is 1. The van der Waals surface area contributed by atoms with E-state index in [0.29, 0.717) is 56.1 Å². The average molecular weight is 612 g/mol. The van der Waals surface area contributed by atoms with Gasteiger partial charge >= 0.3 is 0 Å². The molecule has 6 aromatic rings. The number of anilines is 1. The minimum atomic E-state index is -3.20. The Morgan fingerprint density at radius 3 is 2.55 bits per heavy atom. The summed E-state index contributed by atoms with van der Waals surface area (Å²) in [7, 11) is -3.20. The zero-order valence-electron chi connectivity index (χ0n) is 24.6. The molecule has 0 spiro atoms. The zero-order valence-corrected chi connectivity index (χ0v) is 25.4. The van der Waals surface area contributed by atoms with Gasteiger partial charge in [0.15, 0.2) is 11.5 Å². The Morgan fingerprint density at radius 2 is 1.77 bits per heavy atom. The summed E-state index contributed by atoms with van der Waals surface area (Å²) in [6.45, 7) is 5.52. The van der Waals surface area contributed by atoms with E-state index >= 15 is 0 Å². The van der Waals surface area contributed by atoms with E-state index in [4.69, 9.17) is 9.97 Å². The van der Waals surface area contributed by atoms with E-state index in [2.05, 4.69) is 25.5 Å². The number of H-pyrrole nitrogens is 2. The number of imidazole rings is 1. The Morgan fingerprint density at radius 1 is 0.955 bits per heavy atom. The summed E-state index contributed by atoms with van der Waals surface area (Å²) in [5.74, 6) is -0.170. The molecule has 44 heavy (non-hydrogen) atoms. The molecule has 12 heteroatoms. The molecule has 224 valence electrons. The van der Waals surface area contributed by atoms with Crippen LogP contribution in [0.3, 0.4) is 0 Å². The number of aromatic nitrogens is 6. The first-order valence-electron chi connectivity index (χ1n) is 13.9. The molecule has 0 aliphatic carbocycles. The van der Waals surface area contributed by atoms with E-state index in [1.54, 1.807) is 18.5 Å². The number of benzene rings is 2. The molecule has 0 radical (unpaired) electrons. The van der Waals surface area contributed by atoms with Crippen molar-refractivity contribution in [3.63, 3.8) is 0 Å². The van der Waals surface area contributed by atoms with E-state index in [1.165, 1.54) is 12.1 Å². The monoisotopic (exact) mass is 611 g/mol. The second kappa shape index (κ2) is 10.9. The number of halogens is 1. The van der Waals surface area contributed by atoms with E-state index in [9.17, 15) is 17.6 Å². The van der Waals surface area contributed by atoms with E-state index in [1.807, 2.05) is 57.2 Å². The van der Waals surface area contributed by atoms with E-state index in [0.717, 1.165) is 17.3 Å². The lowest BCUT2D eigenvalue weighted by molar-refractivity contribution is -0.123. The predicted octanol–water partition coefficient (Wildman–Crippen LogP) is 5.94. The molecule has 0 saturated heterocycles. The van der Waals surface area contributed by atoms with Crippen LogP contribution in [0.15, 0.2) is 67.0 Å². The highest BCUT2D eigenvalue weighted by Crippen LogP contribution is 2.33. The number of carbonyl (C=O) groups is 1. The van der Waals surface area contributed by atoms with Gasteiger partial charge in [0.25, 0.3) is 0 Å². The lowest BCUT2D eigenvalue weighted by Crippen LogP contribution is -2.27. The second-order valence-electron chi connectivity index (χ2n) is 11.8. The number of nitrogens with one attached hydrogen (secondary N) is 3. The largest absolute Gasteiger partial charge is 0.336 e. The first-order chi connectivity index (χ1) is 20.8. The summed E-state index contributed by atoms with van der Waals surface area (Å²) in [5.41, 5.74) is 6.36.